The molecule has 0 aliphatic carbocycles. The molecule has 0 aliphatic rings. The molecule has 20 heavy (non-hydrogen) atoms. The first kappa shape index (κ1) is 13.7. The van der Waals surface area contributed by atoms with Crippen molar-refractivity contribution < 1.29 is 23.2 Å². The van der Waals surface area contributed by atoms with Gasteiger partial charge in [0.1, 0.15) is 5.82 Å². The number of hydrogen-bond acceptors (Lipinski definition) is 5. The van der Waals surface area contributed by atoms with Crippen LogP contribution < -0.4 is 5.32 Å². The van der Waals surface area contributed by atoms with Crippen molar-refractivity contribution in [1.82, 2.24) is 5.16 Å². The third-order valence-corrected chi connectivity index (χ3v) is 2.31. The van der Waals surface area contributed by atoms with E-state index in [0.29, 0.717) is 5.69 Å². The van der Waals surface area contributed by atoms with Crippen molar-refractivity contribution in [3.8, 4) is 0 Å². The third-order valence-electron chi connectivity index (χ3n) is 2.31. The Bertz CT molecular complexity index is 639. The molecule has 0 atom stereocenters. The van der Waals surface area contributed by atoms with Crippen LogP contribution in [0.15, 0.2) is 34.9 Å². The van der Waals surface area contributed by atoms with Crippen LogP contribution in [0.2, 0.25) is 0 Å². The summed E-state index contributed by atoms with van der Waals surface area (Å²) >= 11 is 0. The van der Waals surface area contributed by atoms with Crippen LogP contribution in [0.1, 0.15) is 16.2 Å². The average Bonchev–Trinajstić information content (AvgIpc) is 2.85. The van der Waals surface area contributed by atoms with E-state index in [4.69, 9.17) is 4.74 Å². The maximum absolute atomic E-state index is 13.3. The first-order valence-corrected chi connectivity index (χ1v) is 5.71. The summed E-state index contributed by atoms with van der Waals surface area (Å²) in [5.41, 5.74) is 0.539. The van der Waals surface area contributed by atoms with Crippen LogP contribution in [0, 0.1) is 12.7 Å². The van der Waals surface area contributed by atoms with E-state index in [-0.39, 0.29) is 11.4 Å². The lowest BCUT2D eigenvalue weighted by molar-refractivity contribution is -0.119. The number of benzene rings is 1. The van der Waals surface area contributed by atoms with Gasteiger partial charge in [-0.1, -0.05) is 17.3 Å². The van der Waals surface area contributed by atoms with Gasteiger partial charge in [-0.25, -0.2) is 9.18 Å². The van der Waals surface area contributed by atoms with Crippen molar-refractivity contribution in [2.45, 2.75) is 6.92 Å². The molecule has 0 unspecified atom stereocenters. The normalized spacial score (nSPS) is 10.1. The fourth-order valence-corrected chi connectivity index (χ4v) is 1.41. The number of anilines is 1. The van der Waals surface area contributed by atoms with Gasteiger partial charge in [0.15, 0.2) is 6.61 Å². The summed E-state index contributed by atoms with van der Waals surface area (Å²) < 4.78 is 22.7. The standard InChI is InChI=1S/C13H11FN2O4/c1-8-6-11(20-16-8)13(18)19-7-12(17)15-10-5-3-2-4-9(10)14/h2-6H,7H2,1H3,(H,15,17). The van der Waals surface area contributed by atoms with E-state index in [9.17, 15) is 14.0 Å². The molecule has 0 aliphatic heterocycles. The van der Waals surface area contributed by atoms with Crippen molar-refractivity contribution in [2.75, 3.05) is 11.9 Å². The molecule has 104 valence electrons. The van der Waals surface area contributed by atoms with Crippen LogP contribution in [0.3, 0.4) is 0 Å². The van der Waals surface area contributed by atoms with Gasteiger partial charge in [0, 0.05) is 6.07 Å². The van der Waals surface area contributed by atoms with Crippen molar-refractivity contribution in [2.24, 2.45) is 0 Å². The van der Waals surface area contributed by atoms with Crippen molar-refractivity contribution >= 4 is 17.6 Å². The SMILES string of the molecule is Cc1cc(C(=O)OCC(=O)Nc2ccccc2F)on1. The molecule has 0 saturated carbocycles. The number of aromatic nitrogens is 1. The second-order valence-corrected chi connectivity index (χ2v) is 3.94. The Morgan fingerprint density at radius 1 is 1.40 bits per heavy atom. The Balaban J connectivity index is 1.87. The third kappa shape index (κ3) is 3.41. The lowest BCUT2D eigenvalue weighted by Crippen LogP contribution is -2.21. The zero-order valence-corrected chi connectivity index (χ0v) is 10.6. The quantitative estimate of drug-likeness (QED) is 0.864. The van der Waals surface area contributed by atoms with Crippen molar-refractivity contribution in [1.29, 1.82) is 0 Å². The van der Waals surface area contributed by atoms with E-state index in [1.807, 2.05) is 0 Å². The molecule has 1 aromatic carbocycles. The summed E-state index contributed by atoms with van der Waals surface area (Å²) in [5, 5.41) is 5.80. The Kier molecular flexibility index (Phi) is 4.09. The summed E-state index contributed by atoms with van der Waals surface area (Å²) in [7, 11) is 0. The van der Waals surface area contributed by atoms with Crippen LogP contribution >= 0.6 is 0 Å². The average molecular weight is 278 g/mol. The van der Waals surface area contributed by atoms with Gasteiger partial charge >= 0.3 is 5.97 Å². The number of halogens is 1. The number of para-hydroxylation sites is 1. The zero-order valence-electron chi connectivity index (χ0n) is 10.6. The number of esters is 1. The molecule has 0 radical (unpaired) electrons. The summed E-state index contributed by atoms with van der Waals surface area (Å²) in [6.45, 7) is 1.10. The van der Waals surface area contributed by atoms with Crippen LogP contribution in [-0.2, 0) is 9.53 Å². The number of carbonyl (C=O) groups is 2. The molecule has 1 N–H and O–H groups in total. The number of amides is 1. The number of nitrogens with zero attached hydrogens (tertiary/aromatic N) is 1. The van der Waals surface area contributed by atoms with Gasteiger partial charge in [-0.3, -0.25) is 4.79 Å². The van der Waals surface area contributed by atoms with Crippen LogP contribution in [0.25, 0.3) is 0 Å². The minimum Gasteiger partial charge on any atom is -0.450 e. The van der Waals surface area contributed by atoms with Gasteiger partial charge in [0.25, 0.3) is 5.91 Å². The second kappa shape index (κ2) is 5.96. The number of carbonyl (C=O) groups excluding carboxylic acids is 2. The second-order valence-electron chi connectivity index (χ2n) is 3.94. The zero-order chi connectivity index (χ0) is 14.5. The van der Waals surface area contributed by atoms with Crippen LogP contribution in [-0.4, -0.2) is 23.6 Å². The number of hydrogen-bond donors (Lipinski definition) is 1. The van der Waals surface area contributed by atoms with Crippen molar-refractivity contribution in [3.63, 3.8) is 0 Å². The number of rotatable bonds is 4. The Hall–Kier alpha value is -2.70. The lowest BCUT2D eigenvalue weighted by Gasteiger charge is -2.06. The number of ether oxygens (including phenoxy) is 1. The molecule has 7 heteroatoms. The fraction of sp³-hybridized carbons (Fsp3) is 0.154. The molecule has 1 heterocycles. The maximum Gasteiger partial charge on any atom is 0.377 e. The summed E-state index contributed by atoms with van der Waals surface area (Å²) in [4.78, 5) is 23.0. The monoisotopic (exact) mass is 278 g/mol. The van der Waals surface area contributed by atoms with Gasteiger partial charge in [0.05, 0.1) is 11.4 Å². The van der Waals surface area contributed by atoms with E-state index in [1.165, 1.54) is 24.3 Å². The molecule has 0 saturated heterocycles. The lowest BCUT2D eigenvalue weighted by atomic mass is 10.3. The van der Waals surface area contributed by atoms with Crippen molar-refractivity contribution in [3.05, 3.63) is 47.6 Å². The van der Waals surface area contributed by atoms with Crippen LogP contribution in [0.5, 0.6) is 0 Å². The largest absolute Gasteiger partial charge is 0.450 e. The molecule has 0 bridgehead atoms. The van der Waals surface area contributed by atoms with E-state index in [0.717, 1.165) is 0 Å². The summed E-state index contributed by atoms with van der Waals surface area (Å²) in [6.07, 6.45) is 0. The van der Waals surface area contributed by atoms with Crippen LogP contribution in [0.4, 0.5) is 10.1 Å². The Morgan fingerprint density at radius 3 is 2.80 bits per heavy atom. The van der Waals surface area contributed by atoms with E-state index in [2.05, 4.69) is 15.0 Å². The highest BCUT2D eigenvalue weighted by atomic mass is 19.1. The smallest absolute Gasteiger partial charge is 0.377 e. The highest BCUT2D eigenvalue weighted by Crippen LogP contribution is 2.12. The highest BCUT2D eigenvalue weighted by molar-refractivity contribution is 5.94. The Morgan fingerprint density at radius 2 is 2.15 bits per heavy atom. The molecule has 0 spiro atoms. The molecular formula is C13H11FN2O4. The fourth-order valence-electron chi connectivity index (χ4n) is 1.41. The van der Waals surface area contributed by atoms with Gasteiger partial charge in [0.2, 0.25) is 5.76 Å². The highest BCUT2D eigenvalue weighted by Gasteiger charge is 2.15. The van der Waals surface area contributed by atoms with Gasteiger partial charge in [-0.05, 0) is 19.1 Å². The minimum atomic E-state index is -0.811. The van der Waals surface area contributed by atoms with Gasteiger partial charge in [-0.15, -0.1) is 0 Å². The minimum absolute atomic E-state index is 0.0176. The molecule has 2 aromatic rings. The predicted molar refractivity (Wildman–Crippen MR) is 66.6 cm³/mol. The number of aryl methyl sites for hydroxylation is 1. The summed E-state index contributed by atoms with van der Waals surface area (Å²) in [6, 6.07) is 7.06. The first-order chi connectivity index (χ1) is 9.56. The molecule has 1 amide bonds. The van der Waals surface area contributed by atoms with E-state index in [1.54, 1.807) is 13.0 Å². The number of nitrogens with one attached hydrogen (secondary N) is 1. The van der Waals surface area contributed by atoms with Gasteiger partial charge < -0.3 is 14.6 Å². The van der Waals surface area contributed by atoms with Gasteiger partial charge in [-0.2, -0.15) is 0 Å². The van der Waals surface area contributed by atoms with E-state index >= 15 is 0 Å². The summed E-state index contributed by atoms with van der Waals surface area (Å²) in [5.74, 6) is -2.13. The molecule has 6 nitrogen and oxygen atoms in total. The van der Waals surface area contributed by atoms with E-state index < -0.39 is 24.3 Å². The molecular weight excluding hydrogens is 267 g/mol. The predicted octanol–water partition coefficient (Wildman–Crippen LogP) is 1.92. The molecule has 0 fully saturated rings. The Labute approximate surface area is 113 Å². The maximum atomic E-state index is 13.3. The first-order valence-electron chi connectivity index (χ1n) is 5.71. The molecule has 1 aromatic heterocycles. The molecule has 2 rings (SSSR count). The topological polar surface area (TPSA) is 81.4 Å².